The number of carbonyl (C=O) groups is 1. The number of rotatable bonds is 6. The molecule has 8 heteroatoms. The Hall–Kier alpha value is -1.05. The van der Waals surface area contributed by atoms with Crippen LogP contribution in [0.3, 0.4) is 0 Å². The summed E-state index contributed by atoms with van der Waals surface area (Å²) in [5.41, 5.74) is -0.614. The minimum atomic E-state index is -4.04. The molecular formula is C14H24F4N2O2. The van der Waals surface area contributed by atoms with E-state index < -0.39 is 30.6 Å². The van der Waals surface area contributed by atoms with Crippen molar-refractivity contribution in [1.29, 1.82) is 0 Å². The summed E-state index contributed by atoms with van der Waals surface area (Å²) >= 11 is 0. The van der Waals surface area contributed by atoms with Gasteiger partial charge in [-0.2, -0.15) is 8.78 Å². The van der Waals surface area contributed by atoms with E-state index >= 15 is 0 Å². The molecule has 0 bridgehead atoms. The Labute approximate surface area is 128 Å². The molecule has 2 unspecified atom stereocenters. The molecule has 22 heavy (non-hydrogen) atoms. The van der Waals surface area contributed by atoms with Crippen molar-refractivity contribution in [3.8, 4) is 0 Å². The highest BCUT2D eigenvalue weighted by Gasteiger charge is 2.41. The largest absolute Gasteiger partial charge is 0.444 e. The summed E-state index contributed by atoms with van der Waals surface area (Å²) < 4.78 is 55.2. The minimum Gasteiger partial charge on any atom is -0.444 e. The summed E-state index contributed by atoms with van der Waals surface area (Å²) in [6.07, 6.45) is -2.08. The van der Waals surface area contributed by atoms with Gasteiger partial charge in [0, 0.05) is 12.6 Å². The van der Waals surface area contributed by atoms with E-state index in [-0.39, 0.29) is 18.5 Å². The molecule has 1 rings (SSSR count). The number of alkyl halides is 4. The Morgan fingerprint density at radius 3 is 2.45 bits per heavy atom. The summed E-state index contributed by atoms with van der Waals surface area (Å²) in [7, 11) is 0. The molecule has 1 aliphatic rings. The van der Waals surface area contributed by atoms with Crippen molar-refractivity contribution in [2.24, 2.45) is 5.92 Å². The lowest BCUT2D eigenvalue weighted by atomic mass is 10.0. The van der Waals surface area contributed by atoms with Crippen LogP contribution in [0.15, 0.2) is 0 Å². The van der Waals surface area contributed by atoms with Crippen molar-refractivity contribution < 1.29 is 27.1 Å². The molecule has 0 radical (unpaired) electrons. The lowest BCUT2D eigenvalue weighted by molar-refractivity contribution is -0.126. The van der Waals surface area contributed by atoms with Gasteiger partial charge >= 0.3 is 18.4 Å². The van der Waals surface area contributed by atoms with Crippen LogP contribution in [0, 0.1) is 5.92 Å². The normalized spacial score (nSPS) is 22.9. The Bertz CT molecular complexity index is 372. The quantitative estimate of drug-likeness (QED) is 0.736. The molecule has 1 saturated carbocycles. The number of nitrogens with one attached hydrogen (secondary N) is 2. The number of hydrogen-bond donors (Lipinski definition) is 2. The second-order valence-corrected chi connectivity index (χ2v) is 6.62. The van der Waals surface area contributed by atoms with Gasteiger partial charge in [-0.25, -0.2) is 13.6 Å². The first-order valence-electron chi connectivity index (χ1n) is 7.37. The van der Waals surface area contributed by atoms with Gasteiger partial charge in [-0.3, -0.25) is 0 Å². The lowest BCUT2D eigenvalue weighted by Gasteiger charge is -2.25. The Morgan fingerprint density at radius 2 is 1.91 bits per heavy atom. The topological polar surface area (TPSA) is 50.4 Å². The number of hydrogen-bond acceptors (Lipinski definition) is 3. The first kappa shape index (κ1) is 19.0. The van der Waals surface area contributed by atoms with Gasteiger partial charge < -0.3 is 15.4 Å². The van der Waals surface area contributed by atoms with Gasteiger partial charge in [-0.15, -0.1) is 0 Å². The van der Waals surface area contributed by atoms with E-state index in [4.69, 9.17) is 4.74 Å². The maximum absolute atomic E-state index is 12.9. The molecule has 0 aromatic carbocycles. The van der Waals surface area contributed by atoms with Crippen LogP contribution in [0.5, 0.6) is 0 Å². The van der Waals surface area contributed by atoms with E-state index in [1.165, 1.54) is 0 Å². The smallest absolute Gasteiger partial charge is 0.407 e. The summed E-state index contributed by atoms with van der Waals surface area (Å²) in [4.78, 5) is 11.6. The molecule has 0 aromatic rings. The van der Waals surface area contributed by atoms with Crippen LogP contribution in [0.2, 0.25) is 0 Å². The van der Waals surface area contributed by atoms with Gasteiger partial charge in [0.25, 0.3) is 0 Å². The Morgan fingerprint density at radius 1 is 1.27 bits per heavy atom. The summed E-state index contributed by atoms with van der Waals surface area (Å²) in [6.45, 7) is 4.42. The van der Waals surface area contributed by atoms with Crippen LogP contribution >= 0.6 is 0 Å². The summed E-state index contributed by atoms with van der Waals surface area (Å²) in [5.74, 6) is -4.10. The van der Waals surface area contributed by atoms with Gasteiger partial charge in [-0.1, -0.05) is 6.42 Å². The molecule has 0 aromatic heterocycles. The van der Waals surface area contributed by atoms with E-state index in [2.05, 4.69) is 10.6 Å². The van der Waals surface area contributed by atoms with Crippen LogP contribution in [-0.4, -0.2) is 43.2 Å². The van der Waals surface area contributed by atoms with E-state index in [0.29, 0.717) is 6.42 Å². The molecule has 130 valence electrons. The minimum absolute atomic E-state index is 0.0685. The van der Waals surface area contributed by atoms with Gasteiger partial charge in [0.1, 0.15) is 5.60 Å². The van der Waals surface area contributed by atoms with Crippen LogP contribution < -0.4 is 10.6 Å². The first-order valence-corrected chi connectivity index (χ1v) is 7.37. The number of halogens is 4. The number of ether oxygens (including phenoxy) is 1. The summed E-state index contributed by atoms with van der Waals surface area (Å²) in [6, 6.07) is -0.306. The molecule has 4 nitrogen and oxygen atoms in total. The van der Waals surface area contributed by atoms with Gasteiger partial charge in [0.15, 0.2) is 0 Å². The number of amides is 1. The molecule has 2 atom stereocenters. The van der Waals surface area contributed by atoms with Gasteiger partial charge in [0.05, 0.1) is 6.54 Å². The Balaban J connectivity index is 2.39. The zero-order chi connectivity index (χ0) is 17.0. The molecule has 2 N–H and O–H groups in total. The SMILES string of the molecule is CC(C)(C)OC(=O)NCC1CCCC1NCC(F)(F)C(F)F. The van der Waals surface area contributed by atoms with E-state index in [0.717, 1.165) is 12.8 Å². The average Bonchev–Trinajstić information content (AvgIpc) is 2.79. The zero-order valence-electron chi connectivity index (χ0n) is 13.1. The molecule has 1 amide bonds. The van der Waals surface area contributed by atoms with E-state index in [9.17, 15) is 22.4 Å². The highest BCUT2D eigenvalue weighted by atomic mass is 19.3. The molecule has 1 fully saturated rings. The highest BCUT2D eigenvalue weighted by Crippen LogP contribution is 2.27. The van der Waals surface area contributed by atoms with Crippen LogP contribution in [0.25, 0.3) is 0 Å². The van der Waals surface area contributed by atoms with Crippen molar-refractivity contribution in [3.63, 3.8) is 0 Å². The molecule has 0 spiro atoms. The third-order valence-electron chi connectivity index (χ3n) is 3.49. The van der Waals surface area contributed by atoms with E-state index in [1.54, 1.807) is 20.8 Å². The van der Waals surface area contributed by atoms with Crippen molar-refractivity contribution in [2.75, 3.05) is 13.1 Å². The second-order valence-electron chi connectivity index (χ2n) is 6.62. The third-order valence-corrected chi connectivity index (χ3v) is 3.49. The van der Waals surface area contributed by atoms with Crippen molar-refractivity contribution in [3.05, 3.63) is 0 Å². The molecule has 0 saturated heterocycles. The second kappa shape index (κ2) is 7.48. The standard InChI is InChI=1S/C14H24F4N2O2/c1-13(2,3)22-12(21)19-7-9-5-4-6-10(9)20-8-14(17,18)11(15)16/h9-11,20H,4-8H2,1-3H3,(H,19,21). The maximum atomic E-state index is 12.9. The molecule has 0 aliphatic heterocycles. The number of carbonyl (C=O) groups excluding carboxylic acids is 1. The summed E-state index contributed by atoms with van der Waals surface area (Å²) in [5, 5.41) is 5.10. The molecule has 0 heterocycles. The molecule has 1 aliphatic carbocycles. The van der Waals surface area contributed by atoms with Gasteiger partial charge in [-0.05, 0) is 39.5 Å². The Kier molecular flexibility index (Phi) is 6.46. The van der Waals surface area contributed by atoms with Crippen molar-refractivity contribution >= 4 is 6.09 Å². The average molecular weight is 328 g/mol. The van der Waals surface area contributed by atoms with Crippen LogP contribution in [0.4, 0.5) is 22.4 Å². The predicted molar refractivity (Wildman–Crippen MR) is 74.3 cm³/mol. The lowest BCUT2D eigenvalue weighted by Crippen LogP contribution is -2.46. The molecular weight excluding hydrogens is 304 g/mol. The third kappa shape index (κ3) is 6.37. The fraction of sp³-hybridized carbons (Fsp3) is 0.929. The zero-order valence-corrected chi connectivity index (χ0v) is 13.1. The van der Waals surface area contributed by atoms with E-state index in [1.807, 2.05) is 0 Å². The maximum Gasteiger partial charge on any atom is 0.407 e. The van der Waals surface area contributed by atoms with Crippen LogP contribution in [0.1, 0.15) is 40.0 Å². The van der Waals surface area contributed by atoms with Crippen LogP contribution in [-0.2, 0) is 4.74 Å². The fourth-order valence-electron chi connectivity index (χ4n) is 2.42. The number of alkyl carbamates (subject to hydrolysis) is 1. The first-order chi connectivity index (χ1) is 10.0. The predicted octanol–water partition coefficient (Wildman–Crippen LogP) is 3.17. The van der Waals surface area contributed by atoms with Gasteiger partial charge in [0.2, 0.25) is 0 Å². The highest BCUT2D eigenvalue weighted by molar-refractivity contribution is 5.67. The monoisotopic (exact) mass is 328 g/mol. The fourth-order valence-corrected chi connectivity index (χ4v) is 2.42. The van der Waals surface area contributed by atoms with Crippen molar-refractivity contribution in [2.45, 2.75) is 64.0 Å². The van der Waals surface area contributed by atoms with Crippen molar-refractivity contribution in [1.82, 2.24) is 10.6 Å².